The fourth-order valence-electron chi connectivity index (χ4n) is 4.12. The summed E-state index contributed by atoms with van der Waals surface area (Å²) in [5.41, 5.74) is -0.343. The maximum Gasteiger partial charge on any atom is 0.359 e. The Morgan fingerprint density at radius 1 is 1.23 bits per heavy atom. The number of aryl methyl sites for hydroxylation is 1. The number of nitrogens with zero attached hydrogens (tertiary/aromatic N) is 2. The van der Waals surface area contributed by atoms with Gasteiger partial charge in [-0.3, -0.25) is 9.09 Å². The monoisotopic (exact) mass is 533 g/mol. The first-order chi connectivity index (χ1) is 16.2. The molecular formula is C22H33FN3O7PS. The number of fused-ring (bicyclic) bond motifs is 1. The number of nitrogens with one attached hydrogen (secondary N) is 1. The molecule has 13 heteroatoms. The minimum Gasteiger partial charge on any atom is -0.388 e. The van der Waals surface area contributed by atoms with Crippen LogP contribution in [-0.2, 0) is 13.8 Å². The van der Waals surface area contributed by atoms with Crippen LogP contribution in [0.4, 0.5) is 4.39 Å². The minimum absolute atomic E-state index is 0.0000314. The van der Waals surface area contributed by atoms with Crippen LogP contribution in [-0.4, -0.2) is 64.4 Å². The normalized spacial score (nSPS) is 26.6. The molecule has 1 aliphatic rings. The smallest absolute Gasteiger partial charge is 0.359 e. The van der Waals surface area contributed by atoms with E-state index in [0.717, 1.165) is 0 Å². The number of rotatable bonds is 9. The van der Waals surface area contributed by atoms with Gasteiger partial charge in [-0.2, -0.15) is 9.37 Å². The molecule has 0 aromatic carbocycles. The molecule has 1 saturated heterocycles. The molecule has 0 saturated carbocycles. The lowest BCUT2D eigenvalue weighted by Crippen LogP contribution is -2.41. The first kappa shape index (κ1) is 28.2. The lowest BCUT2D eigenvalue weighted by atomic mass is 9.88. The fourth-order valence-corrected chi connectivity index (χ4v) is 5.85. The van der Waals surface area contributed by atoms with Crippen molar-refractivity contribution in [1.29, 1.82) is 0 Å². The Labute approximate surface area is 208 Å². The van der Waals surface area contributed by atoms with Crippen LogP contribution in [0.2, 0.25) is 0 Å². The van der Waals surface area contributed by atoms with Gasteiger partial charge in [-0.1, -0.05) is 33.0 Å². The van der Waals surface area contributed by atoms with Crippen LogP contribution in [0.1, 0.15) is 70.7 Å². The van der Waals surface area contributed by atoms with Gasteiger partial charge >= 0.3 is 7.60 Å². The van der Waals surface area contributed by atoms with Crippen LogP contribution in [0.5, 0.6) is 0 Å². The van der Waals surface area contributed by atoms with Crippen molar-refractivity contribution in [2.24, 2.45) is 0 Å². The molecule has 6 atom stereocenters. The molecular weight excluding hydrogens is 500 g/mol. The summed E-state index contributed by atoms with van der Waals surface area (Å²) in [5, 5.41) is 30.1. The summed E-state index contributed by atoms with van der Waals surface area (Å²) in [6, 6.07) is 1.53. The lowest BCUT2D eigenvalue weighted by molar-refractivity contribution is -0.0618. The molecule has 196 valence electrons. The zero-order chi connectivity index (χ0) is 26.3. The summed E-state index contributed by atoms with van der Waals surface area (Å²) in [4.78, 5) is 21.2. The Morgan fingerprint density at radius 2 is 1.86 bits per heavy atom. The Kier molecular flexibility index (Phi) is 8.20. The number of hydrogen-bond donors (Lipinski definition) is 5. The van der Waals surface area contributed by atoms with Gasteiger partial charge in [-0.15, -0.1) is 0 Å². The van der Waals surface area contributed by atoms with E-state index in [1.165, 1.54) is 19.9 Å². The van der Waals surface area contributed by atoms with E-state index in [-0.39, 0.29) is 41.7 Å². The lowest BCUT2D eigenvalue weighted by Gasteiger charge is -2.39. The van der Waals surface area contributed by atoms with Crippen molar-refractivity contribution in [3.63, 3.8) is 0 Å². The summed E-state index contributed by atoms with van der Waals surface area (Å²) < 4.78 is 38.5. The Hall–Kier alpha value is -1.37. The van der Waals surface area contributed by atoms with E-state index in [4.69, 9.17) is 21.5 Å². The van der Waals surface area contributed by atoms with Gasteiger partial charge in [0.2, 0.25) is 5.95 Å². The highest BCUT2D eigenvalue weighted by molar-refractivity contribution is 7.71. The summed E-state index contributed by atoms with van der Waals surface area (Å²) in [6.07, 6.45) is -4.16. The van der Waals surface area contributed by atoms with Gasteiger partial charge < -0.3 is 29.9 Å². The van der Waals surface area contributed by atoms with Crippen molar-refractivity contribution in [2.45, 2.75) is 95.7 Å². The Morgan fingerprint density at radius 3 is 2.43 bits per heavy atom. The second kappa shape index (κ2) is 10.2. The first-order valence-corrected chi connectivity index (χ1v) is 13.5. The number of pyridine rings is 1. The van der Waals surface area contributed by atoms with Gasteiger partial charge in [-0.25, -0.2) is 4.98 Å². The molecule has 0 radical (unpaired) electrons. The topological polar surface area (TPSA) is 158 Å². The van der Waals surface area contributed by atoms with Crippen LogP contribution in [0.15, 0.2) is 6.07 Å². The van der Waals surface area contributed by atoms with Crippen molar-refractivity contribution < 1.29 is 38.4 Å². The van der Waals surface area contributed by atoms with Gasteiger partial charge in [-0.05, 0) is 39.2 Å². The highest BCUT2D eigenvalue weighted by atomic mass is 32.1. The van der Waals surface area contributed by atoms with Crippen LogP contribution in [0.3, 0.4) is 0 Å². The highest BCUT2D eigenvalue weighted by Gasteiger charge is 2.51. The van der Waals surface area contributed by atoms with Crippen molar-refractivity contribution in [3.8, 4) is 0 Å². The fraction of sp³-hybridized carbons (Fsp3) is 0.682. The number of halogens is 1. The van der Waals surface area contributed by atoms with Gasteiger partial charge in [0, 0.05) is 12.0 Å². The molecule has 1 aliphatic heterocycles. The molecule has 35 heavy (non-hydrogen) atoms. The maximum absolute atomic E-state index is 13.8. The van der Waals surface area contributed by atoms with Crippen molar-refractivity contribution >= 4 is 31.0 Å². The molecule has 0 amide bonds. The number of aromatic amines is 1. The van der Waals surface area contributed by atoms with Gasteiger partial charge in [0.1, 0.15) is 28.5 Å². The van der Waals surface area contributed by atoms with E-state index in [1.54, 1.807) is 20.8 Å². The Bertz CT molecular complexity index is 1190. The third-order valence-corrected chi connectivity index (χ3v) is 9.46. The van der Waals surface area contributed by atoms with E-state index in [2.05, 4.69) is 15.0 Å². The molecule has 2 aromatic rings. The third-order valence-electron chi connectivity index (χ3n) is 6.95. The van der Waals surface area contributed by atoms with Gasteiger partial charge in [0.05, 0.1) is 17.4 Å². The molecule has 1 fully saturated rings. The molecule has 0 spiro atoms. The maximum atomic E-state index is 13.8. The van der Waals surface area contributed by atoms with Crippen molar-refractivity contribution in [2.75, 3.05) is 0 Å². The zero-order valence-corrected chi connectivity index (χ0v) is 22.1. The number of aliphatic hydroxyl groups excluding tert-OH is 2. The molecule has 6 unspecified atom stereocenters. The SMILES string of the molecule is CCC(CC)(CC1OC(c2cc3nc(C)c(F)nc3[nH]c2=S)C(O)C1O)OP(=O)(O)C(C)(O)CC. The number of ether oxygens (including phenoxy) is 1. The quantitative estimate of drug-likeness (QED) is 0.238. The first-order valence-electron chi connectivity index (χ1n) is 11.6. The van der Waals surface area contributed by atoms with Crippen LogP contribution in [0.25, 0.3) is 11.2 Å². The van der Waals surface area contributed by atoms with Gasteiger partial charge in [0.15, 0.2) is 11.0 Å². The molecule has 10 nitrogen and oxygen atoms in total. The molecule has 3 rings (SSSR count). The zero-order valence-electron chi connectivity index (χ0n) is 20.4. The second-order valence-electron chi connectivity index (χ2n) is 9.24. The van der Waals surface area contributed by atoms with Crippen LogP contribution >= 0.6 is 19.8 Å². The summed E-state index contributed by atoms with van der Waals surface area (Å²) in [6.45, 7) is 7.80. The molecule has 0 aliphatic carbocycles. The summed E-state index contributed by atoms with van der Waals surface area (Å²) >= 11 is 5.36. The van der Waals surface area contributed by atoms with Gasteiger partial charge in [0.25, 0.3) is 0 Å². The van der Waals surface area contributed by atoms with Crippen LogP contribution < -0.4 is 0 Å². The van der Waals surface area contributed by atoms with Crippen LogP contribution in [0, 0.1) is 17.5 Å². The predicted octanol–water partition coefficient (Wildman–Crippen LogP) is 3.57. The average molecular weight is 534 g/mol. The number of aliphatic hydroxyl groups is 3. The summed E-state index contributed by atoms with van der Waals surface area (Å²) in [5.74, 6) is -0.734. The largest absolute Gasteiger partial charge is 0.388 e. The van der Waals surface area contributed by atoms with E-state index in [9.17, 15) is 29.2 Å². The molecule has 0 bridgehead atoms. The predicted molar refractivity (Wildman–Crippen MR) is 129 cm³/mol. The minimum atomic E-state index is -4.47. The average Bonchev–Trinajstić information content (AvgIpc) is 3.07. The number of hydrogen-bond acceptors (Lipinski definition) is 9. The molecule has 2 aromatic heterocycles. The molecule has 5 N–H and O–H groups in total. The van der Waals surface area contributed by atoms with E-state index in [0.29, 0.717) is 11.1 Å². The van der Waals surface area contributed by atoms with E-state index in [1.807, 2.05) is 0 Å². The van der Waals surface area contributed by atoms with Crippen molar-refractivity contribution in [3.05, 3.63) is 27.9 Å². The second-order valence-corrected chi connectivity index (χ2v) is 11.8. The number of H-pyrrole nitrogens is 1. The number of aromatic nitrogens is 3. The van der Waals surface area contributed by atoms with Crippen molar-refractivity contribution in [1.82, 2.24) is 15.0 Å². The highest BCUT2D eigenvalue weighted by Crippen LogP contribution is 2.59. The standard InChI is InChI=1S/C22H33FN3O7PS/c1-6-21(5,29)34(30,31)33-22(7-2,8-3)10-14-15(27)16(28)17(32-14)12-9-13-19(26-20(12)35)25-18(23)11(4)24-13/h9,14-17,27-29H,6-8,10H2,1-5H3,(H,30,31)(H,25,26,35). The summed E-state index contributed by atoms with van der Waals surface area (Å²) in [7, 11) is -4.47. The third kappa shape index (κ3) is 5.35. The molecule has 3 heterocycles. The van der Waals surface area contributed by atoms with E-state index < -0.39 is 48.9 Å². The Balaban J connectivity index is 1.92. The van der Waals surface area contributed by atoms with E-state index >= 15 is 0 Å².